The van der Waals surface area contributed by atoms with Crippen molar-refractivity contribution in [3.63, 3.8) is 0 Å². The topological polar surface area (TPSA) is 68.9 Å². The van der Waals surface area contributed by atoms with E-state index in [1.807, 2.05) is 45.1 Å². The molecule has 1 aromatic carbocycles. The van der Waals surface area contributed by atoms with Gasteiger partial charge >= 0.3 is 5.63 Å². The zero-order chi connectivity index (χ0) is 22.3. The summed E-state index contributed by atoms with van der Waals surface area (Å²) in [6, 6.07) is 3.10. The average molecular weight is 411 g/mol. The van der Waals surface area contributed by atoms with Gasteiger partial charge in [0.25, 0.3) is 0 Å². The zero-order valence-electron chi connectivity index (χ0n) is 18.5. The first-order valence-corrected chi connectivity index (χ1v) is 10.0. The van der Waals surface area contributed by atoms with Gasteiger partial charge in [-0.3, -0.25) is 0 Å². The van der Waals surface area contributed by atoms with Crippen molar-refractivity contribution in [2.75, 3.05) is 7.11 Å². The molecular weight excluding hydrogens is 380 g/mol. The van der Waals surface area contributed by atoms with Crippen molar-refractivity contribution in [2.45, 2.75) is 57.7 Å². The molecule has 0 saturated carbocycles. The molecule has 160 valence electrons. The van der Waals surface area contributed by atoms with E-state index in [-0.39, 0.29) is 0 Å². The van der Waals surface area contributed by atoms with Gasteiger partial charge in [0, 0.05) is 17.0 Å². The number of methoxy groups -OCH3 is 1. The zero-order valence-corrected chi connectivity index (χ0v) is 18.5. The Balaban J connectivity index is 2.38. The number of aliphatic hydroxyl groups is 1. The number of hydrogen-bond acceptors (Lipinski definition) is 5. The number of benzene rings is 1. The van der Waals surface area contributed by atoms with Crippen molar-refractivity contribution in [1.29, 1.82) is 0 Å². The monoisotopic (exact) mass is 410 g/mol. The van der Waals surface area contributed by atoms with E-state index < -0.39 is 22.2 Å². The van der Waals surface area contributed by atoms with Gasteiger partial charge in [-0.05, 0) is 52.3 Å². The van der Waals surface area contributed by atoms with E-state index in [4.69, 9.17) is 13.9 Å². The van der Waals surface area contributed by atoms with E-state index in [2.05, 4.69) is 6.58 Å². The van der Waals surface area contributed by atoms with Crippen LogP contribution in [0.15, 0.2) is 52.2 Å². The van der Waals surface area contributed by atoms with Crippen LogP contribution in [0.1, 0.15) is 52.2 Å². The van der Waals surface area contributed by atoms with E-state index in [0.717, 1.165) is 11.1 Å². The summed E-state index contributed by atoms with van der Waals surface area (Å²) in [5, 5.41) is 10.8. The van der Waals surface area contributed by atoms with Crippen molar-refractivity contribution in [1.82, 2.24) is 0 Å². The second-order valence-electron chi connectivity index (χ2n) is 9.07. The number of rotatable bonds is 6. The molecule has 3 rings (SSSR count). The van der Waals surface area contributed by atoms with Crippen LogP contribution in [0.3, 0.4) is 0 Å². The van der Waals surface area contributed by atoms with E-state index in [1.165, 1.54) is 6.07 Å². The summed E-state index contributed by atoms with van der Waals surface area (Å²) in [5.74, 6) is 1.21. The molecule has 0 bridgehead atoms. The third-order valence-corrected chi connectivity index (χ3v) is 5.33. The maximum atomic E-state index is 12.2. The Morgan fingerprint density at radius 1 is 1.27 bits per heavy atom. The molecule has 1 atom stereocenters. The summed E-state index contributed by atoms with van der Waals surface area (Å²) in [4.78, 5) is 12.2. The van der Waals surface area contributed by atoms with Crippen LogP contribution in [0.25, 0.3) is 17.0 Å². The Bertz CT molecular complexity index is 1100. The number of fused-ring (bicyclic) bond motifs is 2. The van der Waals surface area contributed by atoms with Crippen LogP contribution in [-0.4, -0.2) is 23.4 Å². The van der Waals surface area contributed by atoms with Gasteiger partial charge in [0.05, 0.1) is 23.7 Å². The molecule has 0 radical (unpaired) electrons. The molecule has 1 aliphatic rings. The lowest BCUT2D eigenvalue weighted by molar-refractivity contribution is 0.132. The predicted octanol–water partition coefficient (Wildman–Crippen LogP) is 5.15. The van der Waals surface area contributed by atoms with Crippen molar-refractivity contribution in [2.24, 2.45) is 0 Å². The molecular formula is C25H30O5. The van der Waals surface area contributed by atoms with Crippen LogP contribution in [0.5, 0.6) is 11.5 Å². The second kappa shape index (κ2) is 7.47. The molecule has 0 fully saturated rings. The van der Waals surface area contributed by atoms with Crippen molar-refractivity contribution in [3.05, 3.63) is 64.6 Å². The standard InChI is InChI=1S/C25H30O5/c1-8-25(6,14-9-13-23(2,3)27)19-21-16(10-11-18(26)29-21)20(28-7)17-12-15-24(4,5)30-22(17)19/h8-13,15,27H,1,14H2,2-7H3/b13-9+. The number of ether oxygens (including phenoxy) is 2. The second-order valence-corrected chi connectivity index (χ2v) is 9.07. The van der Waals surface area contributed by atoms with E-state index in [9.17, 15) is 9.90 Å². The van der Waals surface area contributed by atoms with E-state index in [1.54, 1.807) is 33.1 Å². The molecule has 1 aromatic heterocycles. The van der Waals surface area contributed by atoms with Gasteiger partial charge in [-0.15, -0.1) is 6.58 Å². The van der Waals surface area contributed by atoms with Crippen LogP contribution in [0, 0.1) is 0 Å². The maximum absolute atomic E-state index is 12.2. The molecule has 1 aliphatic heterocycles. The van der Waals surface area contributed by atoms with Crippen LogP contribution in [0.2, 0.25) is 0 Å². The summed E-state index contributed by atoms with van der Waals surface area (Å²) in [6.45, 7) is 13.4. The van der Waals surface area contributed by atoms with Gasteiger partial charge < -0.3 is 19.0 Å². The third kappa shape index (κ3) is 4.08. The summed E-state index contributed by atoms with van der Waals surface area (Å²) >= 11 is 0. The highest BCUT2D eigenvalue weighted by atomic mass is 16.5. The van der Waals surface area contributed by atoms with E-state index in [0.29, 0.717) is 28.9 Å². The van der Waals surface area contributed by atoms with Crippen LogP contribution >= 0.6 is 0 Å². The van der Waals surface area contributed by atoms with Gasteiger partial charge in [-0.2, -0.15) is 0 Å². The van der Waals surface area contributed by atoms with Gasteiger partial charge in [0.2, 0.25) is 0 Å². The Morgan fingerprint density at radius 2 is 1.97 bits per heavy atom. The van der Waals surface area contributed by atoms with Crippen molar-refractivity contribution < 1.29 is 19.0 Å². The maximum Gasteiger partial charge on any atom is 0.336 e. The fourth-order valence-corrected chi connectivity index (χ4v) is 3.72. The van der Waals surface area contributed by atoms with Gasteiger partial charge in [0.1, 0.15) is 22.7 Å². The fraction of sp³-hybridized carbons (Fsp3) is 0.400. The summed E-state index contributed by atoms with van der Waals surface area (Å²) in [5.41, 5.74) is -0.600. The highest BCUT2D eigenvalue weighted by Gasteiger charge is 2.37. The first-order chi connectivity index (χ1) is 13.9. The molecule has 2 aromatic rings. The predicted molar refractivity (Wildman–Crippen MR) is 120 cm³/mol. The quantitative estimate of drug-likeness (QED) is 0.527. The summed E-state index contributed by atoms with van der Waals surface area (Å²) in [7, 11) is 1.59. The Morgan fingerprint density at radius 3 is 2.57 bits per heavy atom. The minimum atomic E-state index is -0.933. The highest BCUT2D eigenvalue weighted by molar-refractivity contribution is 5.95. The first kappa shape index (κ1) is 21.9. The first-order valence-electron chi connectivity index (χ1n) is 10.0. The lowest BCUT2D eigenvalue weighted by Gasteiger charge is -2.35. The Hall–Kier alpha value is -2.79. The summed E-state index contributed by atoms with van der Waals surface area (Å²) < 4.78 is 17.8. The van der Waals surface area contributed by atoms with Crippen molar-refractivity contribution in [3.8, 4) is 11.5 Å². The average Bonchev–Trinajstić information content (AvgIpc) is 2.64. The molecule has 0 saturated heterocycles. The van der Waals surface area contributed by atoms with Crippen molar-refractivity contribution >= 4 is 17.0 Å². The van der Waals surface area contributed by atoms with Gasteiger partial charge in [-0.1, -0.05) is 25.2 Å². The van der Waals surface area contributed by atoms with Gasteiger partial charge in [-0.25, -0.2) is 4.79 Å². The Labute approximate surface area is 177 Å². The normalized spacial score (nSPS) is 17.4. The van der Waals surface area contributed by atoms with Crippen LogP contribution in [0.4, 0.5) is 0 Å². The molecule has 1 unspecified atom stereocenters. The Kier molecular flexibility index (Phi) is 5.46. The van der Waals surface area contributed by atoms with Gasteiger partial charge in [0.15, 0.2) is 0 Å². The fourth-order valence-electron chi connectivity index (χ4n) is 3.72. The molecule has 0 aliphatic carbocycles. The molecule has 2 heterocycles. The SMILES string of the molecule is C=CC(C)(C/C=C/C(C)(C)O)c1c2c(c(OC)c3ccc(=O)oc13)C=CC(C)(C)O2. The smallest absolute Gasteiger partial charge is 0.336 e. The minimum Gasteiger partial charge on any atom is -0.495 e. The lowest BCUT2D eigenvalue weighted by atomic mass is 9.76. The van der Waals surface area contributed by atoms with Crippen LogP contribution < -0.4 is 15.1 Å². The molecule has 0 amide bonds. The number of hydrogen-bond donors (Lipinski definition) is 1. The van der Waals surface area contributed by atoms with Crippen LogP contribution in [-0.2, 0) is 5.41 Å². The largest absolute Gasteiger partial charge is 0.495 e. The molecule has 5 heteroatoms. The third-order valence-electron chi connectivity index (χ3n) is 5.33. The minimum absolute atomic E-state index is 0.420. The molecule has 1 N–H and O–H groups in total. The summed E-state index contributed by atoms with van der Waals surface area (Å²) in [6.07, 6.45) is 9.97. The highest BCUT2D eigenvalue weighted by Crippen LogP contribution is 2.50. The lowest BCUT2D eigenvalue weighted by Crippen LogP contribution is -2.31. The molecule has 30 heavy (non-hydrogen) atoms. The molecule has 0 spiro atoms. The van der Waals surface area contributed by atoms with E-state index >= 15 is 0 Å². The molecule has 5 nitrogen and oxygen atoms in total. The number of allylic oxidation sites excluding steroid dienone is 2.